The molecule has 0 aromatic heterocycles. The SMILES string of the molecule is CCCC=C(c1ccc(C)cc1C)c1ccc(C)cc1C. The van der Waals surface area contributed by atoms with Crippen molar-refractivity contribution in [3.63, 3.8) is 0 Å². The normalized spacial score (nSPS) is 10.5. The number of aryl methyl sites for hydroxylation is 4. The van der Waals surface area contributed by atoms with E-state index in [0.29, 0.717) is 0 Å². The van der Waals surface area contributed by atoms with Crippen LogP contribution in [0.3, 0.4) is 0 Å². The highest BCUT2D eigenvalue weighted by Crippen LogP contribution is 2.30. The number of unbranched alkanes of at least 4 members (excludes halogenated alkanes) is 1. The van der Waals surface area contributed by atoms with Crippen LogP contribution in [0.25, 0.3) is 5.57 Å². The topological polar surface area (TPSA) is 0 Å². The van der Waals surface area contributed by atoms with E-state index in [-0.39, 0.29) is 0 Å². The molecule has 0 saturated heterocycles. The smallest absolute Gasteiger partial charge is 0.0146 e. The second-order valence-corrected chi connectivity index (χ2v) is 6.04. The van der Waals surface area contributed by atoms with Gasteiger partial charge >= 0.3 is 0 Å². The van der Waals surface area contributed by atoms with Gasteiger partial charge in [0.25, 0.3) is 0 Å². The van der Waals surface area contributed by atoms with Crippen LogP contribution in [0.15, 0.2) is 42.5 Å². The summed E-state index contributed by atoms with van der Waals surface area (Å²) in [6.07, 6.45) is 4.70. The van der Waals surface area contributed by atoms with E-state index in [2.05, 4.69) is 77.1 Å². The largest absolute Gasteiger partial charge is 0.0760 e. The molecule has 2 aromatic rings. The molecular formula is C21H26. The molecule has 21 heavy (non-hydrogen) atoms. The Morgan fingerprint density at radius 2 is 1.29 bits per heavy atom. The monoisotopic (exact) mass is 278 g/mol. The maximum absolute atomic E-state index is 2.40. The molecule has 0 aliphatic rings. The van der Waals surface area contributed by atoms with Gasteiger partial charge in [0.1, 0.15) is 0 Å². The summed E-state index contributed by atoms with van der Waals surface area (Å²) in [6.45, 7) is 11.0. The zero-order valence-electron chi connectivity index (χ0n) is 14.0. The van der Waals surface area contributed by atoms with Crippen LogP contribution in [0, 0.1) is 27.7 Å². The van der Waals surface area contributed by atoms with E-state index in [0.717, 1.165) is 6.42 Å². The first kappa shape index (κ1) is 15.6. The fourth-order valence-electron chi connectivity index (χ4n) is 2.89. The van der Waals surface area contributed by atoms with Gasteiger partial charge < -0.3 is 0 Å². The molecule has 110 valence electrons. The highest BCUT2D eigenvalue weighted by atomic mass is 14.1. The van der Waals surface area contributed by atoms with Crippen LogP contribution in [0.5, 0.6) is 0 Å². The van der Waals surface area contributed by atoms with Crippen molar-refractivity contribution in [2.45, 2.75) is 47.5 Å². The van der Waals surface area contributed by atoms with Crippen molar-refractivity contribution in [1.29, 1.82) is 0 Å². The van der Waals surface area contributed by atoms with Crippen LogP contribution in [0.4, 0.5) is 0 Å². The van der Waals surface area contributed by atoms with E-state index in [4.69, 9.17) is 0 Å². The number of rotatable bonds is 4. The van der Waals surface area contributed by atoms with Crippen molar-refractivity contribution in [3.8, 4) is 0 Å². The minimum atomic E-state index is 1.12. The molecule has 0 saturated carbocycles. The summed E-state index contributed by atoms with van der Waals surface area (Å²) < 4.78 is 0. The number of hydrogen-bond donors (Lipinski definition) is 0. The lowest BCUT2D eigenvalue weighted by Gasteiger charge is -2.15. The molecule has 0 amide bonds. The van der Waals surface area contributed by atoms with E-state index in [9.17, 15) is 0 Å². The molecule has 0 N–H and O–H groups in total. The Bertz CT molecular complexity index is 606. The fourth-order valence-corrected chi connectivity index (χ4v) is 2.89. The molecule has 0 aliphatic heterocycles. The number of benzene rings is 2. The first-order valence-electron chi connectivity index (χ1n) is 7.88. The van der Waals surface area contributed by atoms with Gasteiger partial charge in [-0.3, -0.25) is 0 Å². The van der Waals surface area contributed by atoms with E-state index in [1.807, 2.05) is 0 Å². The Labute approximate surface area is 129 Å². The van der Waals surface area contributed by atoms with Gasteiger partial charge in [-0.15, -0.1) is 0 Å². The molecule has 0 heteroatoms. The zero-order valence-corrected chi connectivity index (χ0v) is 14.0. The third-order valence-corrected chi connectivity index (χ3v) is 3.98. The van der Waals surface area contributed by atoms with Gasteiger partial charge in [0.2, 0.25) is 0 Å². The Hall–Kier alpha value is -1.82. The van der Waals surface area contributed by atoms with Gasteiger partial charge in [-0.25, -0.2) is 0 Å². The highest BCUT2D eigenvalue weighted by Gasteiger charge is 2.10. The van der Waals surface area contributed by atoms with Crippen molar-refractivity contribution in [3.05, 3.63) is 75.9 Å². The molecular weight excluding hydrogens is 252 g/mol. The first-order valence-corrected chi connectivity index (χ1v) is 7.88. The summed E-state index contributed by atoms with van der Waals surface area (Å²) in [5, 5.41) is 0. The van der Waals surface area contributed by atoms with Crippen LogP contribution in [-0.4, -0.2) is 0 Å². The summed E-state index contributed by atoms with van der Waals surface area (Å²) >= 11 is 0. The predicted molar refractivity (Wildman–Crippen MR) is 93.8 cm³/mol. The lowest BCUT2D eigenvalue weighted by atomic mass is 9.89. The van der Waals surface area contributed by atoms with Crippen LogP contribution in [-0.2, 0) is 0 Å². The second-order valence-electron chi connectivity index (χ2n) is 6.04. The lowest BCUT2D eigenvalue weighted by Crippen LogP contribution is -1.96. The average molecular weight is 278 g/mol. The van der Waals surface area contributed by atoms with Gasteiger partial charge in [-0.1, -0.05) is 66.9 Å². The molecule has 0 unspecified atom stereocenters. The molecule has 0 spiro atoms. The Morgan fingerprint density at radius 3 is 1.67 bits per heavy atom. The summed E-state index contributed by atoms with van der Waals surface area (Å²) in [5.74, 6) is 0. The minimum absolute atomic E-state index is 1.12. The van der Waals surface area contributed by atoms with Gasteiger partial charge in [-0.2, -0.15) is 0 Å². The molecule has 0 heterocycles. The van der Waals surface area contributed by atoms with Crippen molar-refractivity contribution in [2.75, 3.05) is 0 Å². The van der Waals surface area contributed by atoms with Gasteiger partial charge in [0, 0.05) is 0 Å². The molecule has 2 aromatic carbocycles. The zero-order chi connectivity index (χ0) is 15.4. The van der Waals surface area contributed by atoms with Crippen LogP contribution < -0.4 is 0 Å². The standard InChI is InChI=1S/C21H26/c1-6-7-8-21(19-11-9-15(2)13-17(19)4)20-12-10-16(3)14-18(20)5/h8-14H,6-7H2,1-5H3. The molecule has 0 atom stereocenters. The van der Waals surface area contributed by atoms with Crippen molar-refractivity contribution in [2.24, 2.45) is 0 Å². The first-order chi connectivity index (χ1) is 10.0. The van der Waals surface area contributed by atoms with Crippen molar-refractivity contribution in [1.82, 2.24) is 0 Å². The molecule has 2 rings (SSSR count). The molecule has 0 fully saturated rings. The minimum Gasteiger partial charge on any atom is -0.0760 e. The Balaban J connectivity index is 2.58. The van der Waals surface area contributed by atoms with Gasteiger partial charge in [0.05, 0.1) is 0 Å². The molecule has 0 bridgehead atoms. The van der Waals surface area contributed by atoms with Gasteiger partial charge in [0.15, 0.2) is 0 Å². The lowest BCUT2D eigenvalue weighted by molar-refractivity contribution is 0.959. The van der Waals surface area contributed by atoms with E-state index in [1.165, 1.54) is 45.4 Å². The third kappa shape index (κ3) is 3.64. The average Bonchev–Trinajstić information content (AvgIpc) is 2.42. The van der Waals surface area contributed by atoms with Crippen LogP contribution >= 0.6 is 0 Å². The molecule has 0 aliphatic carbocycles. The maximum Gasteiger partial charge on any atom is -0.0146 e. The quantitative estimate of drug-likeness (QED) is 0.629. The predicted octanol–water partition coefficient (Wildman–Crippen LogP) is 6.15. The summed E-state index contributed by atoms with van der Waals surface area (Å²) in [4.78, 5) is 0. The number of hydrogen-bond acceptors (Lipinski definition) is 0. The summed E-state index contributed by atoms with van der Waals surface area (Å²) in [7, 11) is 0. The molecule has 0 nitrogen and oxygen atoms in total. The number of allylic oxidation sites excluding steroid dienone is 1. The summed E-state index contributed by atoms with van der Waals surface area (Å²) in [5.41, 5.74) is 9.47. The van der Waals surface area contributed by atoms with Crippen LogP contribution in [0.1, 0.15) is 53.1 Å². The third-order valence-electron chi connectivity index (χ3n) is 3.98. The summed E-state index contributed by atoms with van der Waals surface area (Å²) in [6, 6.07) is 13.5. The maximum atomic E-state index is 2.40. The van der Waals surface area contributed by atoms with Crippen molar-refractivity contribution < 1.29 is 0 Å². The van der Waals surface area contributed by atoms with Crippen LogP contribution in [0.2, 0.25) is 0 Å². The van der Waals surface area contributed by atoms with E-state index < -0.39 is 0 Å². The highest BCUT2D eigenvalue weighted by molar-refractivity contribution is 5.83. The van der Waals surface area contributed by atoms with Gasteiger partial charge in [-0.05, 0) is 61.9 Å². The van der Waals surface area contributed by atoms with E-state index in [1.54, 1.807) is 0 Å². The Morgan fingerprint density at radius 1 is 0.810 bits per heavy atom. The molecule has 0 radical (unpaired) electrons. The van der Waals surface area contributed by atoms with Crippen molar-refractivity contribution >= 4 is 5.57 Å². The fraction of sp³-hybridized carbons (Fsp3) is 0.333. The second kappa shape index (κ2) is 6.76. The Kier molecular flexibility index (Phi) is 5.01. The van der Waals surface area contributed by atoms with E-state index >= 15 is 0 Å².